The van der Waals surface area contributed by atoms with Crippen LogP contribution in [0.5, 0.6) is 5.75 Å². The number of aliphatic hydroxyl groups is 1. The van der Waals surface area contributed by atoms with Crippen LogP contribution in [0, 0.1) is 0 Å². The highest BCUT2D eigenvalue weighted by Gasteiger charge is 2.03. The van der Waals surface area contributed by atoms with Gasteiger partial charge in [0.2, 0.25) is 5.91 Å². The standard InChI is InChI=1S/C15H21NO3/c1-3-5-13(17)11-16-15(18)9-8-12-6-4-7-14(10-12)19-2/h4,6-10,13,17H,3,5,11H2,1-2H3,(H,16,18)/b9-8+. The summed E-state index contributed by atoms with van der Waals surface area (Å²) in [6, 6.07) is 7.44. The quantitative estimate of drug-likeness (QED) is 0.740. The van der Waals surface area contributed by atoms with Gasteiger partial charge in [-0.15, -0.1) is 0 Å². The van der Waals surface area contributed by atoms with Gasteiger partial charge in [0.25, 0.3) is 0 Å². The molecule has 0 bridgehead atoms. The van der Waals surface area contributed by atoms with Crippen molar-refractivity contribution in [2.45, 2.75) is 25.9 Å². The summed E-state index contributed by atoms with van der Waals surface area (Å²) in [5.41, 5.74) is 0.892. The zero-order chi connectivity index (χ0) is 14.1. The van der Waals surface area contributed by atoms with Gasteiger partial charge in [0.15, 0.2) is 0 Å². The van der Waals surface area contributed by atoms with E-state index in [1.165, 1.54) is 6.08 Å². The Morgan fingerprint density at radius 3 is 3.00 bits per heavy atom. The predicted molar refractivity (Wildman–Crippen MR) is 76.0 cm³/mol. The third-order valence-corrected chi connectivity index (χ3v) is 2.65. The number of hydrogen-bond acceptors (Lipinski definition) is 3. The zero-order valence-electron chi connectivity index (χ0n) is 11.4. The summed E-state index contributed by atoms with van der Waals surface area (Å²) in [6.07, 6.45) is 4.29. The molecule has 0 aliphatic carbocycles. The zero-order valence-corrected chi connectivity index (χ0v) is 11.4. The number of amides is 1. The summed E-state index contributed by atoms with van der Waals surface area (Å²) < 4.78 is 5.10. The number of carbonyl (C=O) groups is 1. The van der Waals surface area contributed by atoms with Crippen LogP contribution < -0.4 is 10.1 Å². The molecule has 19 heavy (non-hydrogen) atoms. The molecule has 0 aliphatic heterocycles. The molecule has 0 saturated carbocycles. The molecule has 0 saturated heterocycles. The molecule has 1 aromatic carbocycles. The van der Waals surface area contributed by atoms with E-state index in [0.717, 1.165) is 17.7 Å². The molecule has 2 N–H and O–H groups in total. The molecule has 104 valence electrons. The number of hydrogen-bond donors (Lipinski definition) is 2. The van der Waals surface area contributed by atoms with Gasteiger partial charge in [-0.05, 0) is 30.2 Å². The molecule has 0 fully saturated rings. The van der Waals surface area contributed by atoms with Crippen molar-refractivity contribution in [1.82, 2.24) is 5.32 Å². The van der Waals surface area contributed by atoms with Gasteiger partial charge in [0.1, 0.15) is 5.75 Å². The van der Waals surface area contributed by atoms with E-state index in [1.807, 2.05) is 31.2 Å². The largest absolute Gasteiger partial charge is 0.497 e. The number of carbonyl (C=O) groups excluding carboxylic acids is 1. The highest BCUT2D eigenvalue weighted by Crippen LogP contribution is 2.13. The third-order valence-electron chi connectivity index (χ3n) is 2.65. The summed E-state index contributed by atoms with van der Waals surface area (Å²) >= 11 is 0. The van der Waals surface area contributed by atoms with Crippen molar-refractivity contribution in [2.24, 2.45) is 0 Å². The van der Waals surface area contributed by atoms with E-state index in [2.05, 4.69) is 5.32 Å². The van der Waals surface area contributed by atoms with Crippen molar-refractivity contribution in [2.75, 3.05) is 13.7 Å². The molecule has 0 heterocycles. The smallest absolute Gasteiger partial charge is 0.244 e. The summed E-state index contributed by atoms with van der Waals surface area (Å²) in [5, 5.41) is 12.2. The molecular weight excluding hydrogens is 242 g/mol. The van der Waals surface area contributed by atoms with Crippen molar-refractivity contribution in [3.8, 4) is 5.75 Å². The lowest BCUT2D eigenvalue weighted by Crippen LogP contribution is -2.30. The summed E-state index contributed by atoms with van der Waals surface area (Å²) in [6.45, 7) is 2.28. The second kappa shape index (κ2) is 8.32. The Morgan fingerprint density at radius 1 is 1.53 bits per heavy atom. The fourth-order valence-electron chi connectivity index (χ4n) is 1.63. The van der Waals surface area contributed by atoms with Crippen LogP contribution in [0.4, 0.5) is 0 Å². The van der Waals surface area contributed by atoms with Crippen LogP contribution in [0.15, 0.2) is 30.3 Å². The van der Waals surface area contributed by atoms with Gasteiger partial charge >= 0.3 is 0 Å². The molecule has 0 spiro atoms. The number of benzene rings is 1. The molecule has 4 heteroatoms. The molecule has 1 aromatic rings. The van der Waals surface area contributed by atoms with E-state index >= 15 is 0 Å². The average molecular weight is 263 g/mol. The molecule has 0 aliphatic rings. The van der Waals surface area contributed by atoms with Crippen LogP contribution in [0.25, 0.3) is 6.08 Å². The summed E-state index contributed by atoms with van der Waals surface area (Å²) in [7, 11) is 1.60. The first-order chi connectivity index (χ1) is 9.15. The van der Waals surface area contributed by atoms with Gasteiger partial charge in [-0.1, -0.05) is 25.5 Å². The number of methoxy groups -OCH3 is 1. The molecule has 1 rings (SSSR count). The van der Waals surface area contributed by atoms with Crippen LogP contribution in [-0.2, 0) is 4.79 Å². The Bertz CT molecular complexity index is 429. The SMILES string of the molecule is CCCC(O)CNC(=O)/C=C/c1cccc(OC)c1. The molecule has 1 atom stereocenters. The number of rotatable bonds is 7. The third kappa shape index (κ3) is 6.06. The Morgan fingerprint density at radius 2 is 2.32 bits per heavy atom. The summed E-state index contributed by atoms with van der Waals surface area (Å²) in [4.78, 5) is 11.5. The minimum atomic E-state index is -0.473. The highest BCUT2D eigenvalue weighted by atomic mass is 16.5. The fraction of sp³-hybridized carbons (Fsp3) is 0.400. The van der Waals surface area contributed by atoms with Crippen molar-refractivity contribution >= 4 is 12.0 Å². The minimum absolute atomic E-state index is 0.210. The van der Waals surface area contributed by atoms with Crippen molar-refractivity contribution in [3.63, 3.8) is 0 Å². The lowest BCUT2D eigenvalue weighted by atomic mass is 10.2. The van der Waals surface area contributed by atoms with Gasteiger partial charge in [-0.3, -0.25) is 4.79 Å². The lowest BCUT2D eigenvalue weighted by molar-refractivity contribution is -0.116. The normalized spacial score (nSPS) is 12.4. The van der Waals surface area contributed by atoms with Crippen LogP contribution in [0.3, 0.4) is 0 Å². The van der Waals surface area contributed by atoms with Crippen molar-refractivity contribution in [1.29, 1.82) is 0 Å². The molecule has 1 unspecified atom stereocenters. The highest BCUT2D eigenvalue weighted by molar-refractivity contribution is 5.91. The second-order valence-electron chi connectivity index (χ2n) is 4.30. The lowest BCUT2D eigenvalue weighted by Gasteiger charge is -2.08. The van der Waals surface area contributed by atoms with Gasteiger partial charge in [-0.2, -0.15) is 0 Å². The van der Waals surface area contributed by atoms with Gasteiger partial charge in [0.05, 0.1) is 13.2 Å². The van der Waals surface area contributed by atoms with Gasteiger partial charge in [0, 0.05) is 12.6 Å². The monoisotopic (exact) mass is 263 g/mol. The van der Waals surface area contributed by atoms with Gasteiger partial charge in [-0.25, -0.2) is 0 Å². The van der Waals surface area contributed by atoms with Crippen LogP contribution in [0.2, 0.25) is 0 Å². The van der Waals surface area contributed by atoms with Crippen molar-refractivity contribution in [3.05, 3.63) is 35.9 Å². The number of nitrogens with one attached hydrogen (secondary N) is 1. The number of ether oxygens (including phenoxy) is 1. The van der Waals surface area contributed by atoms with E-state index in [1.54, 1.807) is 13.2 Å². The molecule has 0 aromatic heterocycles. The maximum atomic E-state index is 11.5. The van der Waals surface area contributed by atoms with Crippen LogP contribution >= 0.6 is 0 Å². The van der Waals surface area contributed by atoms with Gasteiger partial charge < -0.3 is 15.2 Å². The summed E-state index contributed by atoms with van der Waals surface area (Å²) in [5.74, 6) is 0.541. The van der Waals surface area contributed by atoms with Crippen LogP contribution in [-0.4, -0.2) is 30.8 Å². The van der Waals surface area contributed by atoms with Crippen molar-refractivity contribution < 1.29 is 14.6 Å². The number of aliphatic hydroxyl groups excluding tert-OH is 1. The van der Waals surface area contributed by atoms with Crippen LogP contribution in [0.1, 0.15) is 25.3 Å². The first-order valence-corrected chi connectivity index (χ1v) is 6.43. The predicted octanol–water partition coefficient (Wildman–Crippen LogP) is 1.99. The first kappa shape index (κ1) is 15.2. The van der Waals surface area contributed by atoms with E-state index in [9.17, 15) is 9.90 Å². The first-order valence-electron chi connectivity index (χ1n) is 6.43. The Hall–Kier alpha value is -1.81. The topological polar surface area (TPSA) is 58.6 Å². The molecular formula is C15H21NO3. The fourth-order valence-corrected chi connectivity index (χ4v) is 1.63. The van der Waals surface area contributed by atoms with E-state index in [0.29, 0.717) is 6.42 Å². The minimum Gasteiger partial charge on any atom is -0.497 e. The Labute approximate surface area is 114 Å². The Kier molecular flexibility index (Phi) is 6.68. The molecule has 0 radical (unpaired) electrons. The molecule has 4 nitrogen and oxygen atoms in total. The maximum Gasteiger partial charge on any atom is 0.244 e. The maximum absolute atomic E-state index is 11.5. The van der Waals surface area contributed by atoms with E-state index in [4.69, 9.17) is 4.74 Å². The van der Waals surface area contributed by atoms with E-state index < -0.39 is 6.10 Å². The van der Waals surface area contributed by atoms with E-state index in [-0.39, 0.29) is 12.5 Å². The second-order valence-corrected chi connectivity index (χ2v) is 4.30. The Balaban J connectivity index is 2.44. The average Bonchev–Trinajstić information content (AvgIpc) is 2.43. The molecule has 1 amide bonds.